The van der Waals surface area contributed by atoms with Crippen molar-refractivity contribution in [2.45, 2.75) is 62.5 Å². The number of nitrogens with zero attached hydrogens (tertiary/aromatic N) is 1. The van der Waals surface area contributed by atoms with Crippen molar-refractivity contribution in [2.24, 2.45) is 35.5 Å². The first-order valence-electron chi connectivity index (χ1n) is 12.5. The van der Waals surface area contributed by atoms with E-state index in [0.29, 0.717) is 35.6 Å². The topological polar surface area (TPSA) is 32.7 Å². The quantitative estimate of drug-likeness (QED) is 0.766. The van der Waals surface area contributed by atoms with Gasteiger partial charge in [0.1, 0.15) is 5.75 Å². The molecule has 1 aliphatic heterocycles. The van der Waals surface area contributed by atoms with Gasteiger partial charge >= 0.3 is 0 Å². The lowest BCUT2D eigenvalue weighted by Gasteiger charge is -2.67. The Kier molecular flexibility index (Phi) is 3.87. The normalized spacial score (nSPS) is 46.1. The Hall–Kier alpha value is -1.32. The summed E-state index contributed by atoms with van der Waals surface area (Å²) in [6, 6.07) is 7.50. The molecule has 30 heavy (non-hydrogen) atoms. The molecule has 8 atom stereocenters. The van der Waals surface area contributed by atoms with Crippen LogP contribution in [0, 0.1) is 35.5 Å². The van der Waals surface area contributed by atoms with Gasteiger partial charge in [0, 0.05) is 18.0 Å². The van der Waals surface area contributed by atoms with Gasteiger partial charge in [0.2, 0.25) is 0 Å². The number of benzene rings is 1. The van der Waals surface area contributed by atoms with Gasteiger partial charge in [-0.3, -0.25) is 4.90 Å². The number of allylic oxidation sites excluding steroid dienone is 2. The van der Waals surface area contributed by atoms with Gasteiger partial charge in [-0.2, -0.15) is 0 Å². The third-order valence-corrected chi connectivity index (χ3v) is 10.1. The van der Waals surface area contributed by atoms with Gasteiger partial charge < -0.3 is 9.84 Å². The molecule has 8 rings (SSSR count). The maximum absolute atomic E-state index is 11.6. The summed E-state index contributed by atoms with van der Waals surface area (Å²) >= 11 is 0. The number of hydrogen-bond donors (Lipinski definition) is 1. The first-order valence-corrected chi connectivity index (χ1v) is 12.5. The van der Waals surface area contributed by atoms with Crippen molar-refractivity contribution in [2.75, 3.05) is 20.2 Å². The van der Waals surface area contributed by atoms with E-state index in [2.05, 4.69) is 35.3 Å². The lowest BCUT2D eigenvalue weighted by Crippen LogP contribution is -2.69. The van der Waals surface area contributed by atoms with Crippen LogP contribution in [0.5, 0.6) is 5.75 Å². The van der Waals surface area contributed by atoms with E-state index in [1.807, 2.05) is 0 Å². The van der Waals surface area contributed by atoms with Gasteiger partial charge in [0.05, 0.1) is 13.2 Å². The number of likely N-dealkylation sites (tertiary alicyclic amines) is 1. The van der Waals surface area contributed by atoms with Crippen molar-refractivity contribution < 1.29 is 9.84 Å². The summed E-state index contributed by atoms with van der Waals surface area (Å²) in [5.41, 5.74) is 3.19. The predicted octanol–water partition coefficient (Wildman–Crippen LogP) is 4.18. The highest BCUT2D eigenvalue weighted by Gasteiger charge is 2.64. The standard InChI is InChI=1S/C27H35NO2/c1-30-20-9-8-19-12-22-26-25-18-6-4-17(5-7-18)24(25)23(29)14-27(26,21(19)13-20)10-11-28(22)15-16-2-3-16/h4,6,8-9,13,16-18,22-26,29H,2-3,5,7,10-12,14-15H2,1H3/t17?,18?,22-,23?,24+,25+,26-,27-/m1/s1. The minimum atomic E-state index is -0.156. The molecule has 6 aliphatic carbocycles. The molecule has 1 N–H and O–H groups in total. The van der Waals surface area contributed by atoms with Crippen LogP contribution >= 0.6 is 0 Å². The number of aliphatic hydroxyl groups is 1. The molecule has 1 aromatic rings. The summed E-state index contributed by atoms with van der Waals surface area (Å²) < 4.78 is 5.68. The fourth-order valence-electron chi connectivity index (χ4n) is 8.85. The Morgan fingerprint density at radius 3 is 2.63 bits per heavy atom. The molecule has 0 amide bonds. The van der Waals surface area contributed by atoms with Crippen LogP contribution in [-0.2, 0) is 11.8 Å². The second-order valence-electron chi connectivity index (χ2n) is 11.4. The average molecular weight is 406 g/mol. The Labute approximate surface area is 180 Å². The molecule has 3 nitrogen and oxygen atoms in total. The molecule has 0 aromatic heterocycles. The van der Waals surface area contributed by atoms with Crippen LogP contribution in [0.25, 0.3) is 0 Å². The zero-order valence-corrected chi connectivity index (χ0v) is 18.2. The number of piperidine rings is 1. The van der Waals surface area contributed by atoms with Gasteiger partial charge in [-0.05, 0) is 110 Å². The molecule has 160 valence electrons. The number of rotatable bonds is 3. The molecular weight excluding hydrogens is 370 g/mol. The fourth-order valence-corrected chi connectivity index (χ4v) is 8.85. The van der Waals surface area contributed by atoms with Crippen LogP contribution in [0.1, 0.15) is 49.7 Å². The molecule has 0 radical (unpaired) electrons. The van der Waals surface area contributed by atoms with Crippen LogP contribution in [-0.4, -0.2) is 42.4 Å². The SMILES string of the molecule is COc1ccc2c(c1)[C@]13CCN(CC4CC4)[C@H](C2)[C@@H]1[C@H]1C2C=CC(CC2)[C@H]1C(O)C3. The number of fused-ring (bicyclic) bond motifs is 2. The molecule has 0 spiro atoms. The second-order valence-corrected chi connectivity index (χ2v) is 11.4. The van der Waals surface area contributed by atoms with Gasteiger partial charge in [-0.15, -0.1) is 0 Å². The largest absolute Gasteiger partial charge is 0.497 e. The van der Waals surface area contributed by atoms with Gasteiger partial charge in [0.15, 0.2) is 0 Å². The number of methoxy groups -OCH3 is 1. The third-order valence-electron chi connectivity index (χ3n) is 10.1. The highest BCUT2D eigenvalue weighted by molar-refractivity contribution is 5.47. The number of ether oxygens (including phenoxy) is 1. The Morgan fingerprint density at radius 1 is 1.10 bits per heavy atom. The van der Waals surface area contributed by atoms with E-state index in [9.17, 15) is 5.11 Å². The minimum absolute atomic E-state index is 0.138. The average Bonchev–Trinajstić information content (AvgIpc) is 3.60. The molecule has 7 aliphatic rings. The summed E-state index contributed by atoms with van der Waals surface area (Å²) in [5, 5.41) is 11.6. The Morgan fingerprint density at radius 2 is 1.90 bits per heavy atom. The van der Waals surface area contributed by atoms with Crippen molar-refractivity contribution in [3.05, 3.63) is 41.5 Å². The molecular formula is C27H35NO2. The molecule has 4 fully saturated rings. The molecule has 1 saturated heterocycles. The van der Waals surface area contributed by atoms with Crippen LogP contribution in [0.15, 0.2) is 30.4 Å². The van der Waals surface area contributed by atoms with Crippen molar-refractivity contribution in [1.82, 2.24) is 4.90 Å². The van der Waals surface area contributed by atoms with Gasteiger partial charge in [0.25, 0.3) is 0 Å². The third kappa shape index (κ3) is 2.40. The van der Waals surface area contributed by atoms with Crippen LogP contribution in [0.3, 0.4) is 0 Å². The molecule has 3 saturated carbocycles. The lowest BCUT2D eigenvalue weighted by atomic mass is 9.41. The maximum atomic E-state index is 11.6. The Balaban J connectivity index is 1.39. The second kappa shape index (κ2) is 6.36. The Bertz CT molecular complexity index is 891. The zero-order chi connectivity index (χ0) is 20.0. The zero-order valence-electron chi connectivity index (χ0n) is 18.2. The smallest absolute Gasteiger partial charge is 0.119 e. The highest BCUT2D eigenvalue weighted by atomic mass is 16.5. The molecule has 4 bridgehead atoms. The number of hydrogen-bond acceptors (Lipinski definition) is 3. The van der Waals surface area contributed by atoms with E-state index in [1.54, 1.807) is 7.11 Å². The number of aliphatic hydroxyl groups excluding tert-OH is 1. The van der Waals surface area contributed by atoms with Crippen molar-refractivity contribution in [3.8, 4) is 5.75 Å². The van der Waals surface area contributed by atoms with Gasteiger partial charge in [-0.1, -0.05) is 18.2 Å². The molecule has 1 heterocycles. The summed E-state index contributed by atoms with van der Waals surface area (Å²) in [4.78, 5) is 2.90. The lowest BCUT2D eigenvalue weighted by molar-refractivity contribution is -0.150. The van der Waals surface area contributed by atoms with Crippen molar-refractivity contribution in [3.63, 3.8) is 0 Å². The van der Waals surface area contributed by atoms with Crippen LogP contribution in [0.2, 0.25) is 0 Å². The summed E-state index contributed by atoms with van der Waals surface area (Å²) in [6.45, 7) is 2.52. The predicted molar refractivity (Wildman–Crippen MR) is 118 cm³/mol. The summed E-state index contributed by atoms with van der Waals surface area (Å²) in [7, 11) is 1.79. The molecule has 3 heteroatoms. The highest BCUT2D eigenvalue weighted by Crippen LogP contribution is 2.65. The van der Waals surface area contributed by atoms with E-state index in [4.69, 9.17) is 4.74 Å². The minimum Gasteiger partial charge on any atom is -0.497 e. The summed E-state index contributed by atoms with van der Waals surface area (Å²) in [5.74, 6) is 5.05. The van der Waals surface area contributed by atoms with E-state index < -0.39 is 0 Å². The van der Waals surface area contributed by atoms with E-state index in [1.165, 1.54) is 62.7 Å². The van der Waals surface area contributed by atoms with E-state index in [-0.39, 0.29) is 11.5 Å². The molecule has 1 aromatic carbocycles. The van der Waals surface area contributed by atoms with Crippen molar-refractivity contribution >= 4 is 0 Å². The van der Waals surface area contributed by atoms with Crippen molar-refractivity contribution in [1.29, 1.82) is 0 Å². The van der Waals surface area contributed by atoms with Crippen LogP contribution in [0.4, 0.5) is 0 Å². The molecule has 3 unspecified atom stereocenters. The first kappa shape index (κ1) is 18.3. The first-order chi connectivity index (χ1) is 14.7. The van der Waals surface area contributed by atoms with Crippen LogP contribution < -0.4 is 4.74 Å². The van der Waals surface area contributed by atoms with E-state index >= 15 is 0 Å². The summed E-state index contributed by atoms with van der Waals surface area (Å²) in [6.07, 6.45) is 13.7. The fraction of sp³-hybridized carbons (Fsp3) is 0.704. The van der Waals surface area contributed by atoms with E-state index in [0.717, 1.165) is 18.1 Å². The monoisotopic (exact) mass is 405 g/mol. The maximum Gasteiger partial charge on any atom is 0.119 e. The van der Waals surface area contributed by atoms with Gasteiger partial charge in [-0.25, -0.2) is 0 Å².